The van der Waals surface area contributed by atoms with Crippen LogP contribution in [0.4, 0.5) is 0 Å². The molecule has 448 valence electrons. The van der Waals surface area contributed by atoms with Crippen LogP contribution in [0.1, 0.15) is 99.9 Å². The molecular formula is C90H68N4. The lowest BCUT2D eigenvalue weighted by atomic mass is 9.81. The Morgan fingerprint density at radius 2 is 0.404 bits per heavy atom. The summed E-state index contributed by atoms with van der Waals surface area (Å²) in [5.41, 5.74) is 35.0. The van der Waals surface area contributed by atoms with Crippen molar-refractivity contribution in [3.63, 3.8) is 0 Å². The first-order chi connectivity index (χ1) is 45.6. The fourth-order valence-corrected chi connectivity index (χ4v) is 16.6. The van der Waals surface area contributed by atoms with Crippen LogP contribution in [0.3, 0.4) is 0 Å². The van der Waals surface area contributed by atoms with Crippen molar-refractivity contribution < 1.29 is 0 Å². The van der Waals surface area contributed by atoms with E-state index in [9.17, 15) is 0 Å². The van der Waals surface area contributed by atoms with E-state index >= 15 is 0 Å². The Hall–Kier alpha value is -10.9. The normalized spacial score (nSPS) is 14.9. The SMILES string of the molecule is CC1(C)c2ccccc2-c2ccc(-c3cc(-c4ccc5c(c4)C(C)(C)c4ccccc4-5)nc(-c4ccc(-c5cccc6c(-c7ccc(-c8nc(-c9ccc%10c(c9)C(C)(C)c9ccccc9-%10)cc(-c9ccc%10c(c9)C(C)(C)c9ccccc9-%10)n8)cc7)cccc56)cc4)n3)cc21. The maximum absolute atomic E-state index is 5.44. The first-order valence-electron chi connectivity index (χ1n) is 33.1. The van der Waals surface area contributed by atoms with Crippen molar-refractivity contribution in [2.45, 2.75) is 77.0 Å². The molecule has 0 fully saturated rings. The summed E-state index contributed by atoms with van der Waals surface area (Å²) in [6.07, 6.45) is 0. The van der Waals surface area contributed by atoms with Gasteiger partial charge in [0.05, 0.1) is 22.8 Å². The predicted octanol–water partition coefficient (Wildman–Crippen LogP) is 23.0. The van der Waals surface area contributed by atoms with Gasteiger partial charge in [-0.15, -0.1) is 0 Å². The zero-order chi connectivity index (χ0) is 63.6. The van der Waals surface area contributed by atoms with E-state index in [4.69, 9.17) is 19.9 Å². The van der Waals surface area contributed by atoms with E-state index in [1.165, 1.54) is 99.8 Å². The molecule has 4 heteroatoms. The van der Waals surface area contributed by atoms with E-state index in [0.717, 1.165) is 78.4 Å². The van der Waals surface area contributed by atoms with Crippen molar-refractivity contribution in [1.82, 2.24) is 19.9 Å². The average Bonchev–Trinajstić information content (AvgIpc) is 1.61. The highest BCUT2D eigenvalue weighted by Gasteiger charge is 2.39. The highest BCUT2D eigenvalue weighted by molar-refractivity contribution is 6.05. The first kappa shape index (κ1) is 55.9. The quantitative estimate of drug-likeness (QED) is 0.152. The molecule has 0 saturated carbocycles. The maximum atomic E-state index is 5.44. The molecule has 4 aliphatic carbocycles. The Morgan fingerprint density at radius 3 is 0.681 bits per heavy atom. The van der Waals surface area contributed by atoms with Gasteiger partial charge in [-0.1, -0.05) is 286 Å². The van der Waals surface area contributed by atoms with Gasteiger partial charge in [0.1, 0.15) is 0 Å². The molecule has 4 aliphatic rings. The summed E-state index contributed by atoms with van der Waals surface area (Å²) in [6.45, 7) is 18.7. The van der Waals surface area contributed by atoms with Gasteiger partial charge in [0, 0.05) is 55.0 Å². The smallest absolute Gasteiger partial charge is 0.160 e. The molecule has 0 N–H and O–H groups in total. The zero-order valence-corrected chi connectivity index (χ0v) is 54.2. The van der Waals surface area contributed by atoms with Crippen LogP contribution in [0, 0.1) is 0 Å². The second-order valence-electron chi connectivity index (χ2n) is 28.5. The van der Waals surface area contributed by atoms with Crippen molar-refractivity contribution >= 4 is 10.8 Å². The molecule has 4 nitrogen and oxygen atoms in total. The number of nitrogens with zero attached hydrogens (tertiary/aromatic N) is 4. The molecule has 0 saturated heterocycles. The van der Waals surface area contributed by atoms with Crippen molar-refractivity contribution in [3.05, 3.63) is 311 Å². The number of fused-ring (bicyclic) bond motifs is 13. The number of aromatic nitrogens is 4. The molecule has 0 spiro atoms. The number of benzene rings is 12. The summed E-state index contributed by atoms with van der Waals surface area (Å²) in [7, 11) is 0. The Bertz CT molecular complexity index is 4950. The van der Waals surface area contributed by atoms with E-state index in [2.05, 4.69) is 322 Å². The van der Waals surface area contributed by atoms with E-state index < -0.39 is 0 Å². The predicted molar refractivity (Wildman–Crippen MR) is 389 cm³/mol. The Labute approximate surface area is 550 Å². The van der Waals surface area contributed by atoms with Crippen molar-refractivity contribution in [2.24, 2.45) is 0 Å². The van der Waals surface area contributed by atoms with Crippen LogP contribution in [0.15, 0.2) is 267 Å². The third-order valence-electron chi connectivity index (χ3n) is 21.8. The summed E-state index contributed by atoms with van der Waals surface area (Å²) in [4.78, 5) is 21.8. The lowest BCUT2D eigenvalue weighted by molar-refractivity contribution is 0.660. The highest BCUT2D eigenvalue weighted by atomic mass is 14.9. The summed E-state index contributed by atoms with van der Waals surface area (Å²) >= 11 is 0. The van der Waals surface area contributed by atoms with Gasteiger partial charge in [0.2, 0.25) is 0 Å². The van der Waals surface area contributed by atoms with Gasteiger partial charge in [0.15, 0.2) is 11.6 Å². The van der Waals surface area contributed by atoms with Crippen LogP contribution in [0.2, 0.25) is 0 Å². The molecular weight excluding hydrogens is 1140 g/mol. The minimum Gasteiger partial charge on any atom is -0.228 e. The van der Waals surface area contributed by atoms with Crippen LogP contribution >= 0.6 is 0 Å². The molecule has 0 atom stereocenters. The Balaban J connectivity index is 0.694. The number of hydrogen-bond acceptors (Lipinski definition) is 4. The number of hydrogen-bond donors (Lipinski definition) is 0. The van der Waals surface area contributed by atoms with Crippen LogP contribution < -0.4 is 0 Å². The molecule has 94 heavy (non-hydrogen) atoms. The molecule has 0 unspecified atom stereocenters. The minimum absolute atomic E-state index is 0.147. The number of rotatable bonds is 8. The van der Waals surface area contributed by atoms with Gasteiger partial charge in [-0.3, -0.25) is 0 Å². The van der Waals surface area contributed by atoms with Gasteiger partial charge >= 0.3 is 0 Å². The van der Waals surface area contributed by atoms with Crippen molar-refractivity contribution in [2.75, 3.05) is 0 Å². The van der Waals surface area contributed by atoms with Crippen LogP contribution in [-0.4, -0.2) is 19.9 Å². The second-order valence-corrected chi connectivity index (χ2v) is 28.5. The fourth-order valence-electron chi connectivity index (χ4n) is 16.6. The molecule has 18 rings (SSSR count). The standard InChI is InChI=1S/C90H68N4/c1-87(2)73-27-13-9-19-65(73)69-43-39-57(47-77(69)87)81-51-82(58-40-44-70-66-20-10-14-28-74(66)88(3,4)78(70)48-58)92-85(91-81)55-35-31-53(32-36-55)61-23-17-26-64-62(24-18-25-63(61)64)54-33-37-56(38-34-54)86-93-83(59-41-45-71-67-21-11-15-29-75(67)89(5,6)79(71)49-59)52-84(94-86)60-42-46-72-68-22-12-16-30-76(68)90(7,8)80(72)50-60/h9-52H,1-8H3. The summed E-state index contributed by atoms with van der Waals surface area (Å²) in [5.74, 6) is 1.39. The van der Waals surface area contributed by atoms with Crippen molar-refractivity contribution in [1.29, 1.82) is 0 Å². The second kappa shape index (κ2) is 20.3. The molecule has 0 bridgehead atoms. The largest absolute Gasteiger partial charge is 0.228 e. The van der Waals surface area contributed by atoms with E-state index in [1.54, 1.807) is 0 Å². The molecule has 0 radical (unpaired) electrons. The van der Waals surface area contributed by atoms with Crippen LogP contribution in [0.5, 0.6) is 0 Å². The van der Waals surface area contributed by atoms with E-state index in [-0.39, 0.29) is 21.7 Å². The van der Waals surface area contributed by atoms with Gasteiger partial charge in [-0.25, -0.2) is 19.9 Å². The zero-order valence-electron chi connectivity index (χ0n) is 54.2. The van der Waals surface area contributed by atoms with Gasteiger partial charge in [-0.2, -0.15) is 0 Å². The van der Waals surface area contributed by atoms with E-state index in [1.807, 2.05) is 0 Å². The first-order valence-corrected chi connectivity index (χ1v) is 33.1. The highest BCUT2D eigenvalue weighted by Crippen LogP contribution is 2.54. The summed E-state index contributed by atoms with van der Waals surface area (Å²) < 4.78 is 0. The van der Waals surface area contributed by atoms with E-state index in [0.29, 0.717) is 11.6 Å². The monoisotopic (exact) mass is 1200 g/mol. The Kier molecular flexibility index (Phi) is 12.1. The third kappa shape index (κ3) is 8.38. The third-order valence-corrected chi connectivity index (χ3v) is 21.8. The lowest BCUT2D eigenvalue weighted by Gasteiger charge is -2.22. The van der Waals surface area contributed by atoms with Gasteiger partial charge in [-0.05, 0) is 158 Å². The molecule has 12 aromatic carbocycles. The van der Waals surface area contributed by atoms with Gasteiger partial charge < -0.3 is 0 Å². The summed E-state index contributed by atoms with van der Waals surface area (Å²) in [5, 5.41) is 2.37. The average molecular weight is 1210 g/mol. The molecule has 0 aliphatic heterocycles. The summed E-state index contributed by atoms with van der Waals surface area (Å²) in [6, 6.07) is 98.5. The molecule has 14 aromatic rings. The molecule has 2 heterocycles. The van der Waals surface area contributed by atoms with Crippen LogP contribution in [0.25, 0.3) is 145 Å². The maximum Gasteiger partial charge on any atom is 0.160 e. The Morgan fingerprint density at radius 1 is 0.181 bits per heavy atom. The van der Waals surface area contributed by atoms with Crippen molar-refractivity contribution in [3.8, 4) is 135 Å². The fraction of sp³-hybridized carbons (Fsp3) is 0.133. The molecule has 0 amide bonds. The lowest BCUT2D eigenvalue weighted by Crippen LogP contribution is -2.15. The van der Waals surface area contributed by atoms with Crippen LogP contribution in [-0.2, 0) is 21.7 Å². The van der Waals surface area contributed by atoms with Gasteiger partial charge in [0.25, 0.3) is 0 Å². The topological polar surface area (TPSA) is 51.6 Å². The molecule has 2 aromatic heterocycles. The minimum atomic E-state index is -0.147.